The minimum absolute atomic E-state index is 0.184. The zero-order valence-corrected chi connectivity index (χ0v) is 19.9. The summed E-state index contributed by atoms with van der Waals surface area (Å²) in [5.41, 5.74) is 2.12. The standard InChI is InChI=1S/C23H28N4O4S2/c28-22(24-12-10-17-16-26-20-8-2-1-7-19(17)20)23(29)25-13-11-18-6-3-4-14-27(18)33(30,31)21-9-5-15-32-21/h1-2,5,7-9,15-16,18,26H,3-4,6,10-14H2,(H,24,28)(H,25,29)/t18-/m0/s1. The number of hydrogen-bond donors (Lipinski definition) is 3. The van der Waals surface area contributed by atoms with Gasteiger partial charge in [-0.2, -0.15) is 4.31 Å². The molecule has 4 rings (SSSR count). The number of carbonyl (C=O) groups excluding carboxylic acids is 2. The van der Waals surface area contributed by atoms with Crippen molar-refractivity contribution in [2.75, 3.05) is 19.6 Å². The fourth-order valence-electron chi connectivity index (χ4n) is 4.27. The van der Waals surface area contributed by atoms with E-state index in [9.17, 15) is 18.0 Å². The molecule has 0 aliphatic carbocycles. The van der Waals surface area contributed by atoms with Gasteiger partial charge in [0.25, 0.3) is 10.0 Å². The van der Waals surface area contributed by atoms with Crippen LogP contribution in [0.4, 0.5) is 0 Å². The Morgan fingerprint density at radius 1 is 1.06 bits per heavy atom. The minimum Gasteiger partial charge on any atom is -0.361 e. The first-order valence-electron chi connectivity index (χ1n) is 11.1. The summed E-state index contributed by atoms with van der Waals surface area (Å²) < 4.78 is 27.8. The van der Waals surface area contributed by atoms with Crippen molar-refractivity contribution in [3.05, 3.63) is 53.5 Å². The van der Waals surface area contributed by atoms with Crippen molar-refractivity contribution in [1.29, 1.82) is 0 Å². The molecule has 1 aliphatic heterocycles. The monoisotopic (exact) mass is 488 g/mol. The van der Waals surface area contributed by atoms with Crippen LogP contribution in [0.5, 0.6) is 0 Å². The van der Waals surface area contributed by atoms with Crippen LogP contribution >= 0.6 is 11.3 Å². The third kappa shape index (κ3) is 5.45. The molecule has 0 bridgehead atoms. The Morgan fingerprint density at radius 3 is 2.64 bits per heavy atom. The molecular weight excluding hydrogens is 460 g/mol. The lowest BCUT2D eigenvalue weighted by atomic mass is 10.0. The van der Waals surface area contributed by atoms with Gasteiger partial charge in [0.1, 0.15) is 4.21 Å². The van der Waals surface area contributed by atoms with Crippen LogP contribution in [0.1, 0.15) is 31.2 Å². The third-order valence-corrected chi connectivity index (χ3v) is 9.28. The van der Waals surface area contributed by atoms with Gasteiger partial charge in [-0.3, -0.25) is 9.59 Å². The van der Waals surface area contributed by atoms with Crippen LogP contribution in [0, 0.1) is 0 Å². The highest BCUT2D eigenvalue weighted by molar-refractivity contribution is 7.91. The number of piperidine rings is 1. The number of nitrogens with one attached hydrogen (secondary N) is 3. The summed E-state index contributed by atoms with van der Waals surface area (Å²) in [6, 6.07) is 11.1. The SMILES string of the molecule is O=C(NCCc1c[nH]c2ccccc12)C(=O)NCC[C@@H]1CCCCN1S(=O)(=O)c1cccs1. The highest BCUT2D eigenvalue weighted by atomic mass is 32.2. The number of aromatic amines is 1. The fourth-order valence-corrected chi connectivity index (χ4v) is 7.11. The third-order valence-electron chi connectivity index (χ3n) is 5.96. The Morgan fingerprint density at radius 2 is 1.85 bits per heavy atom. The molecule has 10 heteroatoms. The second-order valence-corrected chi connectivity index (χ2v) is 11.2. The molecule has 0 saturated carbocycles. The number of hydrogen-bond acceptors (Lipinski definition) is 5. The molecule has 1 atom stereocenters. The highest BCUT2D eigenvalue weighted by Gasteiger charge is 2.33. The summed E-state index contributed by atoms with van der Waals surface area (Å²) in [6.07, 6.45) is 5.52. The van der Waals surface area contributed by atoms with Crippen LogP contribution in [0.15, 0.2) is 52.2 Å². The van der Waals surface area contributed by atoms with Gasteiger partial charge in [0, 0.05) is 42.8 Å². The summed E-state index contributed by atoms with van der Waals surface area (Å²) >= 11 is 1.21. The van der Waals surface area contributed by atoms with Crippen molar-refractivity contribution in [2.45, 2.75) is 42.4 Å². The molecule has 0 spiro atoms. The Balaban J connectivity index is 1.23. The van der Waals surface area contributed by atoms with Crippen LogP contribution in [0.2, 0.25) is 0 Å². The molecule has 1 aromatic carbocycles. The lowest BCUT2D eigenvalue weighted by Gasteiger charge is -2.34. The average Bonchev–Trinajstić information content (AvgIpc) is 3.50. The van der Waals surface area contributed by atoms with E-state index in [4.69, 9.17) is 0 Å². The van der Waals surface area contributed by atoms with E-state index in [0.29, 0.717) is 30.1 Å². The van der Waals surface area contributed by atoms with Gasteiger partial charge in [0.05, 0.1) is 0 Å². The summed E-state index contributed by atoms with van der Waals surface area (Å²) in [7, 11) is -3.53. The average molecular weight is 489 g/mol. The summed E-state index contributed by atoms with van der Waals surface area (Å²) in [6.45, 7) is 1.08. The minimum atomic E-state index is -3.53. The fraction of sp³-hybridized carbons (Fsp3) is 0.391. The smallest absolute Gasteiger partial charge is 0.309 e. The van der Waals surface area contributed by atoms with Gasteiger partial charge in [0.2, 0.25) is 0 Å². The van der Waals surface area contributed by atoms with Crippen LogP contribution in [0.25, 0.3) is 10.9 Å². The summed E-state index contributed by atoms with van der Waals surface area (Å²) in [5.74, 6) is -1.38. The van der Waals surface area contributed by atoms with Gasteiger partial charge >= 0.3 is 11.8 Å². The first-order chi connectivity index (χ1) is 16.0. The maximum atomic E-state index is 12.9. The number of sulfonamides is 1. The largest absolute Gasteiger partial charge is 0.361 e. The van der Waals surface area contributed by atoms with Crippen molar-refractivity contribution < 1.29 is 18.0 Å². The molecule has 1 saturated heterocycles. The van der Waals surface area contributed by atoms with Crippen LogP contribution < -0.4 is 10.6 Å². The van der Waals surface area contributed by atoms with E-state index < -0.39 is 21.8 Å². The van der Waals surface area contributed by atoms with Crippen LogP contribution in [-0.2, 0) is 26.0 Å². The Labute approximate surface area is 197 Å². The van der Waals surface area contributed by atoms with Crippen LogP contribution in [0.3, 0.4) is 0 Å². The molecule has 33 heavy (non-hydrogen) atoms. The number of aromatic nitrogens is 1. The van der Waals surface area contributed by atoms with Gasteiger partial charge in [-0.25, -0.2) is 8.42 Å². The number of thiophene rings is 1. The van der Waals surface area contributed by atoms with Crippen molar-refractivity contribution in [3.8, 4) is 0 Å². The highest BCUT2D eigenvalue weighted by Crippen LogP contribution is 2.29. The Hall–Kier alpha value is -2.69. The maximum Gasteiger partial charge on any atom is 0.309 e. The Kier molecular flexibility index (Phi) is 7.46. The quantitative estimate of drug-likeness (QED) is 0.423. The number of rotatable bonds is 8. The van der Waals surface area contributed by atoms with Crippen molar-refractivity contribution in [1.82, 2.24) is 19.9 Å². The molecule has 8 nitrogen and oxygen atoms in total. The number of carbonyl (C=O) groups is 2. The van der Waals surface area contributed by atoms with E-state index in [1.165, 1.54) is 11.3 Å². The normalized spacial score (nSPS) is 17.2. The van der Waals surface area contributed by atoms with E-state index in [0.717, 1.165) is 35.7 Å². The van der Waals surface area contributed by atoms with E-state index >= 15 is 0 Å². The maximum absolute atomic E-state index is 12.9. The van der Waals surface area contributed by atoms with Crippen molar-refractivity contribution in [2.24, 2.45) is 0 Å². The number of amides is 2. The number of para-hydroxylation sites is 1. The molecule has 0 radical (unpaired) electrons. The van der Waals surface area contributed by atoms with E-state index in [2.05, 4.69) is 15.6 Å². The number of nitrogens with zero attached hydrogens (tertiary/aromatic N) is 1. The first kappa shape index (κ1) is 23.5. The molecular formula is C23H28N4O4S2. The van der Waals surface area contributed by atoms with Gasteiger partial charge in [-0.1, -0.05) is 30.7 Å². The predicted molar refractivity (Wildman–Crippen MR) is 128 cm³/mol. The zero-order valence-electron chi connectivity index (χ0n) is 18.2. The zero-order chi connectivity index (χ0) is 23.3. The lowest BCUT2D eigenvalue weighted by Crippen LogP contribution is -2.46. The topological polar surface area (TPSA) is 111 Å². The molecule has 3 aromatic rings. The van der Waals surface area contributed by atoms with E-state index in [1.54, 1.807) is 21.8 Å². The molecule has 2 aromatic heterocycles. The van der Waals surface area contributed by atoms with Gasteiger partial charge < -0.3 is 15.6 Å². The molecule has 2 amide bonds. The van der Waals surface area contributed by atoms with Crippen molar-refractivity contribution in [3.63, 3.8) is 0 Å². The van der Waals surface area contributed by atoms with Crippen LogP contribution in [-0.4, -0.2) is 55.2 Å². The molecule has 3 heterocycles. The van der Waals surface area contributed by atoms with Gasteiger partial charge in [-0.15, -0.1) is 11.3 Å². The first-order valence-corrected chi connectivity index (χ1v) is 13.4. The number of H-pyrrole nitrogens is 1. The predicted octanol–water partition coefficient (Wildman–Crippen LogP) is 2.64. The van der Waals surface area contributed by atoms with Gasteiger partial charge in [-0.05, 0) is 48.8 Å². The van der Waals surface area contributed by atoms with Crippen molar-refractivity contribution >= 4 is 44.1 Å². The number of benzene rings is 1. The Bertz CT molecular complexity index is 1200. The molecule has 176 valence electrons. The molecule has 1 aliphatic rings. The summed E-state index contributed by atoms with van der Waals surface area (Å²) in [4.78, 5) is 27.5. The molecule has 0 unspecified atom stereocenters. The lowest BCUT2D eigenvalue weighted by molar-refractivity contribution is -0.139. The van der Waals surface area contributed by atoms with E-state index in [-0.39, 0.29) is 12.6 Å². The molecule has 1 fully saturated rings. The second-order valence-electron chi connectivity index (χ2n) is 8.11. The summed E-state index contributed by atoms with van der Waals surface area (Å²) in [5, 5.41) is 8.15. The van der Waals surface area contributed by atoms with E-state index in [1.807, 2.05) is 30.5 Å². The second kappa shape index (κ2) is 10.5. The molecule has 3 N–H and O–H groups in total. The number of fused-ring (bicyclic) bond motifs is 1. The van der Waals surface area contributed by atoms with Gasteiger partial charge in [0.15, 0.2) is 0 Å².